The number of hydrogen-bond donors (Lipinski definition) is 0. The lowest BCUT2D eigenvalue weighted by Crippen LogP contribution is -2.30. The summed E-state index contributed by atoms with van der Waals surface area (Å²) >= 11 is 0. The summed E-state index contributed by atoms with van der Waals surface area (Å²) in [5.41, 5.74) is 0.354. The quantitative estimate of drug-likeness (QED) is 0.795. The summed E-state index contributed by atoms with van der Waals surface area (Å²) in [5.74, 6) is -0.187. The number of ether oxygens (including phenoxy) is 1. The molecule has 0 saturated carbocycles. The van der Waals surface area contributed by atoms with Gasteiger partial charge < -0.3 is 9.64 Å². The number of alkyl halides is 2. The predicted molar refractivity (Wildman–Crippen MR) is 60.3 cm³/mol. The zero-order chi connectivity index (χ0) is 12.8. The van der Waals surface area contributed by atoms with Crippen molar-refractivity contribution >= 4 is 5.91 Å². The highest BCUT2D eigenvalue weighted by molar-refractivity contribution is 5.94. The molecule has 0 N–H and O–H groups in total. The summed E-state index contributed by atoms with van der Waals surface area (Å²) in [4.78, 5) is 13.5. The molecule has 1 aromatic carbocycles. The number of carbonyl (C=O) groups excluding carboxylic acids is 1. The van der Waals surface area contributed by atoms with E-state index >= 15 is 0 Å². The van der Waals surface area contributed by atoms with E-state index in [-0.39, 0.29) is 11.7 Å². The summed E-state index contributed by atoms with van der Waals surface area (Å²) < 4.78 is 28.3. The zero-order valence-electron chi connectivity index (χ0n) is 9.82. The van der Waals surface area contributed by atoms with Gasteiger partial charge in [0.25, 0.3) is 5.91 Å². The van der Waals surface area contributed by atoms with E-state index in [0.717, 1.165) is 0 Å². The molecule has 1 rings (SSSR count). The summed E-state index contributed by atoms with van der Waals surface area (Å²) in [6, 6.07) is 5.82. The first-order valence-electron chi connectivity index (χ1n) is 5.42. The Hall–Kier alpha value is -1.65. The smallest absolute Gasteiger partial charge is 0.387 e. The fourth-order valence-electron chi connectivity index (χ4n) is 1.50. The number of nitrogens with zero attached hydrogens (tertiary/aromatic N) is 1. The largest absolute Gasteiger partial charge is 0.435 e. The summed E-state index contributed by atoms with van der Waals surface area (Å²) in [7, 11) is 0. The van der Waals surface area contributed by atoms with Crippen LogP contribution < -0.4 is 4.74 Å². The minimum Gasteiger partial charge on any atom is -0.435 e. The third kappa shape index (κ3) is 3.69. The van der Waals surface area contributed by atoms with Gasteiger partial charge >= 0.3 is 6.61 Å². The van der Waals surface area contributed by atoms with Crippen LogP contribution in [0.25, 0.3) is 0 Å². The standard InChI is InChI=1S/C12H15F2NO2/c1-3-15(4-2)11(16)9-6-5-7-10(8-9)17-12(13)14/h5-8,12H,3-4H2,1-2H3. The maximum Gasteiger partial charge on any atom is 0.387 e. The Morgan fingerprint density at radius 3 is 2.53 bits per heavy atom. The number of carbonyl (C=O) groups is 1. The number of rotatable bonds is 5. The second-order valence-electron chi connectivity index (χ2n) is 3.38. The monoisotopic (exact) mass is 243 g/mol. The topological polar surface area (TPSA) is 29.5 Å². The third-order valence-electron chi connectivity index (χ3n) is 2.36. The first-order valence-corrected chi connectivity index (χ1v) is 5.42. The highest BCUT2D eigenvalue weighted by atomic mass is 19.3. The molecule has 0 bridgehead atoms. The van der Waals surface area contributed by atoms with Crippen molar-refractivity contribution in [1.29, 1.82) is 0 Å². The third-order valence-corrected chi connectivity index (χ3v) is 2.36. The molecule has 5 heteroatoms. The van der Waals surface area contributed by atoms with E-state index < -0.39 is 6.61 Å². The van der Waals surface area contributed by atoms with E-state index in [1.54, 1.807) is 11.0 Å². The summed E-state index contributed by atoms with van der Waals surface area (Å²) in [6.07, 6.45) is 0. The molecule has 0 aromatic heterocycles. The second-order valence-corrected chi connectivity index (χ2v) is 3.38. The van der Waals surface area contributed by atoms with Crippen LogP contribution in [0, 0.1) is 0 Å². The van der Waals surface area contributed by atoms with Gasteiger partial charge in [-0.2, -0.15) is 8.78 Å². The van der Waals surface area contributed by atoms with Crippen molar-refractivity contribution in [3.05, 3.63) is 29.8 Å². The van der Waals surface area contributed by atoms with Crippen LogP contribution in [0.2, 0.25) is 0 Å². The van der Waals surface area contributed by atoms with E-state index in [1.165, 1.54) is 18.2 Å². The van der Waals surface area contributed by atoms with Gasteiger partial charge in [0, 0.05) is 18.7 Å². The molecule has 3 nitrogen and oxygen atoms in total. The Bertz CT molecular complexity index is 379. The van der Waals surface area contributed by atoms with E-state index in [9.17, 15) is 13.6 Å². The molecular weight excluding hydrogens is 228 g/mol. The van der Waals surface area contributed by atoms with Crippen molar-refractivity contribution in [2.75, 3.05) is 13.1 Å². The van der Waals surface area contributed by atoms with Crippen molar-refractivity contribution in [3.63, 3.8) is 0 Å². The predicted octanol–water partition coefficient (Wildman–Crippen LogP) is 2.77. The SMILES string of the molecule is CCN(CC)C(=O)c1cccc(OC(F)F)c1. The first kappa shape index (κ1) is 13.4. The number of hydrogen-bond acceptors (Lipinski definition) is 2. The van der Waals surface area contributed by atoms with Gasteiger partial charge in [-0.15, -0.1) is 0 Å². The Morgan fingerprint density at radius 2 is 2.00 bits per heavy atom. The van der Waals surface area contributed by atoms with Crippen LogP contribution in [0.15, 0.2) is 24.3 Å². The van der Waals surface area contributed by atoms with Gasteiger partial charge in [-0.1, -0.05) is 6.07 Å². The van der Waals surface area contributed by atoms with Crippen LogP contribution in [-0.4, -0.2) is 30.5 Å². The van der Waals surface area contributed by atoms with E-state index in [4.69, 9.17) is 0 Å². The molecule has 0 heterocycles. The highest BCUT2D eigenvalue weighted by Crippen LogP contribution is 2.17. The van der Waals surface area contributed by atoms with Crippen molar-refractivity contribution < 1.29 is 18.3 Å². The molecule has 17 heavy (non-hydrogen) atoms. The molecule has 1 aromatic rings. The van der Waals surface area contributed by atoms with Gasteiger partial charge in [-0.3, -0.25) is 4.79 Å². The normalized spacial score (nSPS) is 10.4. The second kappa shape index (κ2) is 6.18. The van der Waals surface area contributed by atoms with Gasteiger partial charge in [0.05, 0.1) is 0 Å². The zero-order valence-corrected chi connectivity index (χ0v) is 9.82. The van der Waals surface area contributed by atoms with E-state index in [2.05, 4.69) is 4.74 Å². The molecule has 94 valence electrons. The van der Waals surface area contributed by atoms with Gasteiger partial charge in [0.15, 0.2) is 0 Å². The van der Waals surface area contributed by atoms with Gasteiger partial charge in [-0.25, -0.2) is 0 Å². The van der Waals surface area contributed by atoms with Crippen LogP contribution >= 0.6 is 0 Å². The Kier molecular flexibility index (Phi) is 4.87. The molecule has 0 aliphatic rings. The summed E-state index contributed by atoms with van der Waals surface area (Å²) in [5, 5.41) is 0. The fraction of sp³-hybridized carbons (Fsp3) is 0.417. The van der Waals surface area contributed by atoms with Gasteiger partial charge in [0.1, 0.15) is 5.75 Å². The van der Waals surface area contributed by atoms with Crippen molar-refractivity contribution in [1.82, 2.24) is 4.90 Å². The molecule has 0 aliphatic carbocycles. The molecular formula is C12H15F2NO2. The van der Waals surface area contributed by atoms with Crippen LogP contribution in [0.4, 0.5) is 8.78 Å². The molecule has 0 radical (unpaired) electrons. The Labute approximate surface area is 99.0 Å². The highest BCUT2D eigenvalue weighted by Gasteiger charge is 2.13. The molecule has 1 amide bonds. The van der Waals surface area contributed by atoms with Crippen LogP contribution in [0.5, 0.6) is 5.75 Å². The Morgan fingerprint density at radius 1 is 1.35 bits per heavy atom. The lowest BCUT2D eigenvalue weighted by molar-refractivity contribution is -0.0499. The van der Waals surface area contributed by atoms with Crippen LogP contribution in [-0.2, 0) is 0 Å². The van der Waals surface area contributed by atoms with E-state index in [1.807, 2.05) is 13.8 Å². The molecule has 0 unspecified atom stereocenters. The number of benzene rings is 1. The Balaban J connectivity index is 2.87. The number of halogens is 2. The van der Waals surface area contributed by atoms with Crippen molar-refractivity contribution in [2.24, 2.45) is 0 Å². The van der Waals surface area contributed by atoms with Gasteiger partial charge in [0.2, 0.25) is 0 Å². The maximum absolute atomic E-state index is 12.0. The van der Waals surface area contributed by atoms with Crippen molar-refractivity contribution in [3.8, 4) is 5.75 Å². The minimum absolute atomic E-state index is 0.00185. The molecule has 0 atom stereocenters. The number of amides is 1. The lowest BCUT2D eigenvalue weighted by atomic mass is 10.2. The minimum atomic E-state index is -2.88. The first-order chi connectivity index (χ1) is 8.08. The molecule has 0 saturated heterocycles. The average Bonchev–Trinajstić information content (AvgIpc) is 2.30. The average molecular weight is 243 g/mol. The summed E-state index contributed by atoms with van der Waals surface area (Å²) in [6.45, 7) is 2.00. The molecule has 0 aliphatic heterocycles. The molecule has 0 spiro atoms. The molecule has 0 fully saturated rings. The van der Waals surface area contributed by atoms with E-state index in [0.29, 0.717) is 18.7 Å². The van der Waals surface area contributed by atoms with Crippen LogP contribution in [0.1, 0.15) is 24.2 Å². The van der Waals surface area contributed by atoms with Crippen LogP contribution in [0.3, 0.4) is 0 Å². The van der Waals surface area contributed by atoms with Crippen molar-refractivity contribution in [2.45, 2.75) is 20.5 Å². The lowest BCUT2D eigenvalue weighted by Gasteiger charge is -2.18. The fourth-order valence-corrected chi connectivity index (χ4v) is 1.50. The van der Waals surface area contributed by atoms with Gasteiger partial charge in [-0.05, 0) is 32.0 Å². The maximum atomic E-state index is 12.0.